The van der Waals surface area contributed by atoms with Crippen LogP contribution in [0.1, 0.15) is 36.0 Å². The molecule has 0 unspecified atom stereocenters. The van der Waals surface area contributed by atoms with Gasteiger partial charge < -0.3 is 5.32 Å². The van der Waals surface area contributed by atoms with Crippen LogP contribution in [0.15, 0.2) is 24.3 Å². The number of nitro groups is 1. The number of amides is 1. The molecule has 1 aromatic rings. The summed E-state index contributed by atoms with van der Waals surface area (Å²) in [6.07, 6.45) is 4.77. The van der Waals surface area contributed by atoms with Crippen LogP contribution in [-0.2, 0) is 0 Å². The maximum atomic E-state index is 12.1. The minimum Gasteiger partial charge on any atom is -0.349 e. The second-order valence-corrected chi connectivity index (χ2v) is 5.56. The van der Waals surface area contributed by atoms with Crippen molar-refractivity contribution in [3.63, 3.8) is 0 Å². The van der Waals surface area contributed by atoms with Crippen LogP contribution in [0.3, 0.4) is 0 Å². The van der Waals surface area contributed by atoms with Crippen molar-refractivity contribution in [2.75, 3.05) is 0 Å². The summed E-state index contributed by atoms with van der Waals surface area (Å²) >= 11 is 0. The van der Waals surface area contributed by atoms with E-state index in [0.29, 0.717) is 11.5 Å². The average molecular weight is 260 g/mol. The van der Waals surface area contributed by atoms with Gasteiger partial charge in [-0.15, -0.1) is 0 Å². The van der Waals surface area contributed by atoms with Gasteiger partial charge in [-0.05, 0) is 37.2 Å². The van der Waals surface area contributed by atoms with E-state index in [1.165, 1.54) is 31.4 Å². The van der Waals surface area contributed by atoms with Gasteiger partial charge in [0.15, 0.2) is 0 Å². The molecule has 0 radical (unpaired) electrons. The number of rotatable bonds is 3. The van der Waals surface area contributed by atoms with E-state index in [0.717, 1.165) is 12.3 Å². The number of nitrogens with one attached hydrogen (secondary N) is 1. The number of hydrogen-bond donors (Lipinski definition) is 1. The Kier molecular flexibility index (Phi) is 2.97. The van der Waals surface area contributed by atoms with Crippen molar-refractivity contribution in [3.05, 3.63) is 39.9 Å². The van der Waals surface area contributed by atoms with Gasteiger partial charge in [-0.25, -0.2) is 0 Å². The van der Waals surface area contributed by atoms with Gasteiger partial charge in [0, 0.05) is 23.7 Å². The van der Waals surface area contributed by atoms with Crippen molar-refractivity contribution in [2.24, 2.45) is 11.8 Å². The highest BCUT2D eigenvalue weighted by Crippen LogP contribution is 2.44. The number of non-ortho nitro benzene ring substituents is 1. The van der Waals surface area contributed by atoms with E-state index in [9.17, 15) is 14.9 Å². The quantitative estimate of drug-likeness (QED) is 0.670. The zero-order valence-corrected chi connectivity index (χ0v) is 10.5. The second-order valence-electron chi connectivity index (χ2n) is 5.56. The maximum absolute atomic E-state index is 12.1. The van der Waals surface area contributed by atoms with Gasteiger partial charge in [-0.3, -0.25) is 14.9 Å². The smallest absolute Gasteiger partial charge is 0.270 e. The van der Waals surface area contributed by atoms with Gasteiger partial charge in [0.1, 0.15) is 0 Å². The molecule has 19 heavy (non-hydrogen) atoms. The first-order chi connectivity index (χ1) is 9.13. The molecule has 3 atom stereocenters. The third-order valence-electron chi connectivity index (χ3n) is 4.37. The Morgan fingerprint density at radius 2 is 2.16 bits per heavy atom. The molecule has 100 valence electrons. The van der Waals surface area contributed by atoms with Gasteiger partial charge in [0.25, 0.3) is 11.6 Å². The van der Waals surface area contributed by atoms with E-state index < -0.39 is 4.92 Å². The first kappa shape index (κ1) is 12.1. The lowest BCUT2D eigenvalue weighted by atomic mass is 9.95. The van der Waals surface area contributed by atoms with Crippen LogP contribution in [0, 0.1) is 22.0 Å². The number of hydrogen-bond acceptors (Lipinski definition) is 3. The molecule has 0 saturated heterocycles. The molecule has 0 heterocycles. The number of benzene rings is 1. The van der Waals surface area contributed by atoms with Crippen molar-refractivity contribution in [1.82, 2.24) is 5.32 Å². The molecule has 2 bridgehead atoms. The summed E-state index contributed by atoms with van der Waals surface area (Å²) in [5.41, 5.74) is 0.331. The number of fused-ring (bicyclic) bond motifs is 2. The number of carbonyl (C=O) groups excluding carboxylic acids is 1. The SMILES string of the molecule is O=C(N[C@H]1C[C@@H]2CC[C@@H]1C2)c1cccc([N+](=O)[O-])c1. The standard InChI is InChI=1S/C14H16N2O3/c17-14(11-2-1-3-12(8-11)16(18)19)15-13-7-9-4-5-10(13)6-9/h1-3,8-10,13H,4-7H2,(H,15,17)/t9-,10-,13+/m1/s1. The monoisotopic (exact) mass is 260 g/mol. The number of nitrogens with zero attached hydrogens (tertiary/aromatic N) is 1. The lowest BCUT2D eigenvalue weighted by Gasteiger charge is -2.22. The minimum atomic E-state index is -0.478. The summed E-state index contributed by atoms with van der Waals surface area (Å²) in [5, 5.41) is 13.7. The molecule has 2 aliphatic rings. The van der Waals surface area contributed by atoms with Crippen molar-refractivity contribution in [1.29, 1.82) is 0 Å². The fourth-order valence-electron chi connectivity index (χ4n) is 3.43. The zero-order valence-electron chi connectivity index (χ0n) is 10.5. The summed E-state index contributed by atoms with van der Waals surface area (Å²) in [4.78, 5) is 22.3. The lowest BCUT2D eigenvalue weighted by Crippen LogP contribution is -2.38. The summed E-state index contributed by atoms with van der Waals surface area (Å²) in [7, 11) is 0. The average Bonchev–Trinajstić information content (AvgIpc) is 3.01. The van der Waals surface area contributed by atoms with Gasteiger partial charge in [0.05, 0.1) is 4.92 Å². The Morgan fingerprint density at radius 1 is 1.32 bits per heavy atom. The Balaban J connectivity index is 1.70. The Bertz CT molecular complexity index is 529. The first-order valence-corrected chi connectivity index (χ1v) is 6.69. The number of nitro benzene ring substituents is 1. The van der Waals surface area contributed by atoms with Crippen LogP contribution in [0.5, 0.6) is 0 Å². The van der Waals surface area contributed by atoms with E-state index in [2.05, 4.69) is 5.32 Å². The fraction of sp³-hybridized carbons (Fsp3) is 0.500. The third kappa shape index (κ3) is 2.32. The normalized spacial score (nSPS) is 28.3. The molecule has 5 heteroatoms. The molecule has 1 amide bonds. The highest BCUT2D eigenvalue weighted by Gasteiger charge is 2.40. The molecule has 2 aliphatic carbocycles. The molecule has 1 N–H and O–H groups in total. The summed E-state index contributed by atoms with van der Waals surface area (Å²) < 4.78 is 0. The summed E-state index contributed by atoms with van der Waals surface area (Å²) in [6, 6.07) is 6.16. The van der Waals surface area contributed by atoms with Crippen LogP contribution >= 0.6 is 0 Å². The summed E-state index contributed by atoms with van der Waals surface area (Å²) in [5.74, 6) is 1.18. The van der Waals surface area contributed by atoms with Gasteiger partial charge in [0.2, 0.25) is 0 Å². The van der Waals surface area contributed by atoms with Gasteiger partial charge in [-0.1, -0.05) is 12.5 Å². The van der Waals surface area contributed by atoms with Crippen LogP contribution in [0.2, 0.25) is 0 Å². The van der Waals surface area contributed by atoms with Crippen molar-refractivity contribution in [3.8, 4) is 0 Å². The molecule has 0 spiro atoms. The van der Waals surface area contributed by atoms with E-state index in [1.807, 2.05) is 0 Å². The maximum Gasteiger partial charge on any atom is 0.270 e. The second kappa shape index (κ2) is 4.64. The molecule has 5 nitrogen and oxygen atoms in total. The summed E-state index contributed by atoms with van der Waals surface area (Å²) in [6.45, 7) is 0. The van der Waals surface area contributed by atoms with Crippen LogP contribution < -0.4 is 5.32 Å². The van der Waals surface area contributed by atoms with Crippen LogP contribution in [0.25, 0.3) is 0 Å². The molecule has 1 aromatic carbocycles. The fourth-order valence-corrected chi connectivity index (χ4v) is 3.43. The molecule has 0 aliphatic heterocycles. The van der Waals surface area contributed by atoms with Crippen molar-refractivity contribution in [2.45, 2.75) is 31.7 Å². The van der Waals surface area contributed by atoms with E-state index >= 15 is 0 Å². The lowest BCUT2D eigenvalue weighted by molar-refractivity contribution is -0.384. The molecule has 0 aromatic heterocycles. The molecular weight excluding hydrogens is 244 g/mol. The highest BCUT2D eigenvalue weighted by atomic mass is 16.6. The van der Waals surface area contributed by atoms with Crippen LogP contribution in [-0.4, -0.2) is 16.9 Å². The molecule has 3 rings (SSSR count). The number of carbonyl (C=O) groups is 1. The zero-order chi connectivity index (χ0) is 13.4. The minimum absolute atomic E-state index is 0.0411. The van der Waals surface area contributed by atoms with E-state index in [4.69, 9.17) is 0 Å². The van der Waals surface area contributed by atoms with Crippen molar-refractivity contribution >= 4 is 11.6 Å². The predicted molar refractivity (Wildman–Crippen MR) is 69.8 cm³/mol. The Labute approximate surface area is 111 Å². The van der Waals surface area contributed by atoms with Gasteiger partial charge >= 0.3 is 0 Å². The first-order valence-electron chi connectivity index (χ1n) is 6.69. The third-order valence-corrected chi connectivity index (χ3v) is 4.37. The molecule has 2 fully saturated rings. The van der Waals surface area contributed by atoms with Gasteiger partial charge in [-0.2, -0.15) is 0 Å². The Morgan fingerprint density at radius 3 is 2.79 bits per heavy atom. The molecular formula is C14H16N2O3. The topological polar surface area (TPSA) is 72.2 Å². The highest BCUT2D eigenvalue weighted by molar-refractivity contribution is 5.95. The van der Waals surface area contributed by atoms with Crippen LogP contribution in [0.4, 0.5) is 5.69 Å². The van der Waals surface area contributed by atoms with E-state index in [-0.39, 0.29) is 17.6 Å². The molecule has 2 saturated carbocycles. The van der Waals surface area contributed by atoms with E-state index in [1.54, 1.807) is 12.1 Å². The largest absolute Gasteiger partial charge is 0.349 e. The van der Waals surface area contributed by atoms with Crippen molar-refractivity contribution < 1.29 is 9.72 Å². The Hall–Kier alpha value is -1.91. The predicted octanol–water partition coefficient (Wildman–Crippen LogP) is 2.51.